The number of methoxy groups -OCH3 is 1. The molecule has 23 heavy (non-hydrogen) atoms. The number of hydrogen-bond acceptors (Lipinski definition) is 3. The Balaban J connectivity index is 1.83. The van der Waals surface area contributed by atoms with Gasteiger partial charge in [-0.05, 0) is 35.2 Å². The fraction of sp³-hybridized carbons (Fsp3) is 0.316. The molecule has 0 aliphatic carbocycles. The van der Waals surface area contributed by atoms with Gasteiger partial charge in [0.05, 0.1) is 13.7 Å². The quantitative estimate of drug-likeness (QED) is 0.822. The molecule has 4 nitrogen and oxygen atoms in total. The zero-order valence-corrected chi connectivity index (χ0v) is 13.9. The fourth-order valence-electron chi connectivity index (χ4n) is 2.37. The molecule has 0 radical (unpaired) electrons. The van der Waals surface area contributed by atoms with Gasteiger partial charge < -0.3 is 15.4 Å². The van der Waals surface area contributed by atoms with Crippen LogP contribution in [0.5, 0.6) is 5.75 Å². The van der Waals surface area contributed by atoms with Gasteiger partial charge in [0.15, 0.2) is 0 Å². The third-order valence-corrected chi connectivity index (χ3v) is 3.63. The lowest BCUT2D eigenvalue weighted by atomic mass is 10.0. The maximum absolute atomic E-state index is 12.1. The van der Waals surface area contributed by atoms with Gasteiger partial charge in [0.25, 0.3) is 0 Å². The number of carbonyl (C=O) groups excluding carboxylic acids is 1. The van der Waals surface area contributed by atoms with E-state index in [2.05, 4.69) is 24.5 Å². The highest BCUT2D eigenvalue weighted by Gasteiger charge is 2.08. The molecule has 0 bridgehead atoms. The van der Waals surface area contributed by atoms with E-state index in [-0.39, 0.29) is 12.5 Å². The zero-order valence-electron chi connectivity index (χ0n) is 13.9. The molecule has 2 aromatic rings. The summed E-state index contributed by atoms with van der Waals surface area (Å²) in [4.78, 5) is 12.1. The van der Waals surface area contributed by atoms with Crippen LogP contribution in [-0.4, -0.2) is 19.6 Å². The number of rotatable bonds is 7. The Morgan fingerprint density at radius 2 is 1.78 bits per heavy atom. The Kier molecular flexibility index (Phi) is 6.18. The molecular weight excluding hydrogens is 288 g/mol. The van der Waals surface area contributed by atoms with Crippen LogP contribution in [0.3, 0.4) is 0 Å². The minimum absolute atomic E-state index is 0.0355. The molecule has 122 valence electrons. The second kappa shape index (κ2) is 8.34. The minimum atomic E-state index is -0.0355. The molecule has 2 rings (SSSR count). The van der Waals surface area contributed by atoms with Crippen molar-refractivity contribution in [1.82, 2.24) is 5.32 Å². The second-order valence-electron chi connectivity index (χ2n) is 5.74. The maximum atomic E-state index is 12.1. The van der Waals surface area contributed by atoms with Crippen LogP contribution in [0.15, 0.2) is 48.5 Å². The summed E-state index contributed by atoms with van der Waals surface area (Å²) in [5.41, 5.74) is 3.15. The van der Waals surface area contributed by atoms with E-state index in [1.807, 2.05) is 48.5 Å². The highest BCUT2D eigenvalue weighted by Crippen LogP contribution is 2.23. The van der Waals surface area contributed by atoms with Gasteiger partial charge in [0, 0.05) is 12.2 Å². The van der Waals surface area contributed by atoms with E-state index in [0.717, 1.165) is 22.6 Å². The molecule has 0 aromatic heterocycles. The molecule has 2 N–H and O–H groups in total. The van der Waals surface area contributed by atoms with Gasteiger partial charge in [-0.25, -0.2) is 0 Å². The molecule has 0 fully saturated rings. The van der Waals surface area contributed by atoms with Gasteiger partial charge in [0.1, 0.15) is 5.75 Å². The molecule has 0 atom stereocenters. The van der Waals surface area contributed by atoms with Gasteiger partial charge in [-0.15, -0.1) is 0 Å². The van der Waals surface area contributed by atoms with Crippen LogP contribution in [0, 0.1) is 0 Å². The van der Waals surface area contributed by atoms with E-state index in [1.54, 1.807) is 7.11 Å². The predicted molar refractivity (Wildman–Crippen MR) is 93.9 cm³/mol. The third-order valence-electron chi connectivity index (χ3n) is 3.63. The van der Waals surface area contributed by atoms with Crippen LogP contribution in [0.25, 0.3) is 0 Å². The number of amides is 1. The van der Waals surface area contributed by atoms with Crippen molar-refractivity contribution in [3.63, 3.8) is 0 Å². The van der Waals surface area contributed by atoms with Crippen LogP contribution < -0.4 is 15.4 Å². The Morgan fingerprint density at radius 3 is 2.43 bits per heavy atom. The number of benzene rings is 2. The van der Waals surface area contributed by atoms with Crippen molar-refractivity contribution in [2.75, 3.05) is 19.0 Å². The number of ether oxygens (including phenoxy) is 1. The summed E-state index contributed by atoms with van der Waals surface area (Å²) < 4.78 is 5.12. The predicted octanol–water partition coefficient (Wildman–Crippen LogP) is 3.55. The highest BCUT2D eigenvalue weighted by atomic mass is 16.5. The number of para-hydroxylation sites is 1. The smallest absolute Gasteiger partial charge is 0.238 e. The number of nitrogens with one attached hydrogen (secondary N) is 2. The Bertz CT molecular complexity index is 636. The molecular formula is C19H24N2O2. The van der Waals surface area contributed by atoms with Crippen molar-refractivity contribution in [3.05, 3.63) is 59.7 Å². The lowest BCUT2D eigenvalue weighted by Gasteiger charge is -2.14. The standard InChI is InChI=1S/C19H24N2O2/c1-14(2)17-6-4-5-7-18(17)21-19(22)13-20-12-15-8-10-16(23-3)11-9-15/h4-11,14,20H,12-13H2,1-3H3,(H,21,22). The topological polar surface area (TPSA) is 50.4 Å². The van der Waals surface area contributed by atoms with E-state index in [0.29, 0.717) is 12.5 Å². The van der Waals surface area contributed by atoms with Gasteiger partial charge in [-0.1, -0.05) is 44.2 Å². The molecule has 0 saturated carbocycles. The summed E-state index contributed by atoms with van der Waals surface area (Å²) in [6.45, 7) is 5.15. The molecule has 0 aliphatic heterocycles. The van der Waals surface area contributed by atoms with E-state index < -0.39 is 0 Å². The number of carbonyl (C=O) groups is 1. The first-order chi connectivity index (χ1) is 11.1. The lowest BCUT2D eigenvalue weighted by Crippen LogP contribution is -2.28. The average Bonchev–Trinajstić information content (AvgIpc) is 2.56. The first-order valence-electron chi connectivity index (χ1n) is 7.82. The van der Waals surface area contributed by atoms with Gasteiger partial charge >= 0.3 is 0 Å². The molecule has 0 aliphatic rings. The Labute approximate surface area is 137 Å². The van der Waals surface area contributed by atoms with E-state index in [1.165, 1.54) is 0 Å². The number of anilines is 1. The van der Waals surface area contributed by atoms with Gasteiger partial charge in [0.2, 0.25) is 5.91 Å². The summed E-state index contributed by atoms with van der Waals surface area (Å²) in [5, 5.41) is 6.13. The van der Waals surface area contributed by atoms with Crippen molar-refractivity contribution in [3.8, 4) is 5.75 Å². The first kappa shape index (κ1) is 17.0. The zero-order chi connectivity index (χ0) is 16.7. The average molecular weight is 312 g/mol. The summed E-state index contributed by atoms with van der Waals surface area (Å²) in [6.07, 6.45) is 0. The first-order valence-corrected chi connectivity index (χ1v) is 7.82. The molecule has 0 saturated heterocycles. The van der Waals surface area contributed by atoms with Crippen molar-refractivity contribution in [2.24, 2.45) is 0 Å². The normalized spacial score (nSPS) is 10.6. The van der Waals surface area contributed by atoms with E-state index in [9.17, 15) is 4.79 Å². The van der Waals surface area contributed by atoms with Crippen molar-refractivity contribution in [1.29, 1.82) is 0 Å². The lowest BCUT2D eigenvalue weighted by molar-refractivity contribution is -0.115. The van der Waals surface area contributed by atoms with E-state index >= 15 is 0 Å². The molecule has 0 heterocycles. The Morgan fingerprint density at radius 1 is 1.09 bits per heavy atom. The largest absolute Gasteiger partial charge is 0.497 e. The monoisotopic (exact) mass is 312 g/mol. The van der Waals surface area contributed by atoms with Crippen molar-refractivity contribution >= 4 is 11.6 Å². The third kappa shape index (κ3) is 5.11. The van der Waals surface area contributed by atoms with Crippen molar-refractivity contribution < 1.29 is 9.53 Å². The summed E-state index contributed by atoms with van der Waals surface area (Å²) >= 11 is 0. The Hall–Kier alpha value is -2.33. The van der Waals surface area contributed by atoms with Crippen molar-refractivity contribution in [2.45, 2.75) is 26.3 Å². The number of hydrogen-bond donors (Lipinski definition) is 2. The summed E-state index contributed by atoms with van der Waals surface area (Å²) in [7, 11) is 1.65. The molecule has 4 heteroatoms. The highest BCUT2D eigenvalue weighted by molar-refractivity contribution is 5.93. The SMILES string of the molecule is COc1ccc(CNCC(=O)Nc2ccccc2C(C)C)cc1. The maximum Gasteiger partial charge on any atom is 0.238 e. The second-order valence-corrected chi connectivity index (χ2v) is 5.74. The van der Waals surface area contributed by atoms with Crippen LogP contribution in [0.1, 0.15) is 30.9 Å². The van der Waals surface area contributed by atoms with Gasteiger partial charge in [-0.2, -0.15) is 0 Å². The molecule has 0 unspecified atom stereocenters. The molecule has 0 spiro atoms. The van der Waals surface area contributed by atoms with E-state index in [4.69, 9.17) is 4.74 Å². The van der Waals surface area contributed by atoms with Crippen LogP contribution in [-0.2, 0) is 11.3 Å². The molecule has 1 amide bonds. The minimum Gasteiger partial charge on any atom is -0.497 e. The van der Waals surface area contributed by atoms with Crippen LogP contribution >= 0.6 is 0 Å². The van der Waals surface area contributed by atoms with Crippen LogP contribution in [0.4, 0.5) is 5.69 Å². The summed E-state index contributed by atoms with van der Waals surface area (Å²) in [5.74, 6) is 1.17. The van der Waals surface area contributed by atoms with Gasteiger partial charge in [-0.3, -0.25) is 4.79 Å². The fourth-order valence-corrected chi connectivity index (χ4v) is 2.37. The molecule has 2 aromatic carbocycles. The van der Waals surface area contributed by atoms with Crippen LogP contribution in [0.2, 0.25) is 0 Å². The summed E-state index contributed by atoms with van der Waals surface area (Å²) in [6, 6.07) is 15.7.